The van der Waals surface area contributed by atoms with Gasteiger partial charge in [-0.1, -0.05) is 24.8 Å². The first-order chi connectivity index (χ1) is 15.5. The van der Waals surface area contributed by atoms with E-state index in [2.05, 4.69) is 11.8 Å². The van der Waals surface area contributed by atoms with E-state index in [1.54, 1.807) is 44.6 Å². The van der Waals surface area contributed by atoms with Gasteiger partial charge in [0.2, 0.25) is 0 Å². The zero-order chi connectivity index (χ0) is 22.8. The molecule has 1 aliphatic heterocycles. The molecule has 32 heavy (non-hydrogen) atoms. The third-order valence-electron chi connectivity index (χ3n) is 6.51. The summed E-state index contributed by atoms with van der Waals surface area (Å²) in [7, 11) is 3.13. The fourth-order valence-corrected chi connectivity index (χ4v) is 4.55. The molecule has 1 aliphatic rings. The molecule has 1 aromatic heterocycles. The third kappa shape index (κ3) is 4.06. The van der Waals surface area contributed by atoms with Crippen molar-refractivity contribution in [3.05, 3.63) is 51.9 Å². The number of methoxy groups -OCH3 is 2. The maximum Gasteiger partial charge on any atom is 0.344 e. The van der Waals surface area contributed by atoms with Crippen LogP contribution in [0.1, 0.15) is 18.1 Å². The molecule has 0 amide bonds. The molecule has 0 unspecified atom stereocenters. The summed E-state index contributed by atoms with van der Waals surface area (Å²) in [6, 6.07) is 8.66. The van der Waals surface area contributed by atoms with Crippen LogP contribution < -0.4 is 25.1 Å². The van der Waals surface area contributed by atoms with E-state index in [-0.39, 0.29) is 5.75 Å². The minimum absolute atomic E-state index is 0.0831. The molecule has 3 aromatic rings. The number of fused-ring (bicyclic) bond motifs is 1. The molecule has 1 fully saturated rings. The minimum Gasteiger partial charge on any atom is -0.872 e. The van der Waals surface area contributed by atoms with Gasteiger partial charge in [-0.2, -0.15) is 0 Å². The Balaban J connectivity index is 1.79. The molecule has 1 N–H and O–H groups in total. The van der Waals surface area contributed by atoms with Gasteiger partial charge < -0.3 is 23.9 Å². The summed E-state index contributed by atoms with van der Waals surface area (Å²) in [6.07, 6.45) is 0. The van der Waals surface area contributed by atoms with E-state index in [4.69, 9.17) is 13.9 Å². The van der Waals surface area contributed by atoms with E-state index < -0.39 is 5.63 Å². The average Bonchev–Trinajstić information content (AvgIpc) is 2.81. The number of hydrogen-bond acceptors (Lipinski definition) is 6. The summed E-state index contributed by atoms with van der Waals surface area (Å²) in [6.45, 7) is 9.60. The first-order valence-electron chi connectivity index (χ1n) is 11.0. The number of benzene rings is 2. The normalized spacial score (nSPS) is 15.2. The monoisotopic (exact) mass is 438 g/mol. The summed E-state index contributed by atoms with van der Waals surface area (Å²) >= 11 is 0. The molecule has 7 heteroatoms. The highest BCUT2D eigenvalue weighted by Gasteiger charge is 2.23. The molecule has 2 aromatic carbocycles. The van der Waals surface area contributed by atoms with Gasteiger partial charge in [-0.05, 0) is 31.2 Å². The third-order valence-corrected chi connectivity index (χ3v) is 6.51. The van der Waals surface area contributed by atoms with Gasteiger partial charge in [-0.3, -0.25) is 4.90 Å². The van der Waals surface area contributed by atoms with Crippen molar-refractivity contribution in [2.24, 2.45) is 0 Å². The first kappa shape index (κ1) is 22.2. The van der Waals surface area contributed by atoms with Gasteiger partial charge in [-0.25, -0.2) is 4.79 Å². The lowest BCUT2D eigenvalue weighted by Crippen LogP contribution is -3.13. The molecule has 0 radical (unpaired) electrons. The molecule has 0 atom stereocenters. The van der Waals surface area contributed by atoms with Gasteiger partial charge in [0.25, 0.3) is 0 Å². The Bertz CT molecular complexity index is 1180. The van der Waals surface area contributed by atoms with Gasteiger partial charge in [0.05, 0.1) is 32.9 Å². The Morgan fingerprint density at radius 2 is 1.88 bits per heavy atom. The molecule has 0 aliphatic carbocycles. The van der Waals surface area contributed by atoms with E-state index in [1.807, 2.05) is 6.92 Å². The van der Waals surface area contributed by atoms with Gasteiger partial charge in [-0.15, -0.1) is 0 Å². The average molecular weight is 439 g/mol. The molecule has 2 heterocycles. The Hall–Kier alpha value is -3.03. The van der Waals surface area contributed by atoms with Gasteiger partial charge in [0.1, 0.15) is 23.6 Å². The second kappa shape index (κ2) is 9.22. The van der Waals surface area contributed by atoms with Crippen LogP contribution in [-0.2, 0) is 6.54 Å². The fraction of sp³-hybridized carbons (Fsp3) is 0.400. The Kier molecular flexibility index (Phi) is 6.39. The maximum atomic E-state index is 13.1. The topological polar surface area (TPSA) is 79.4 Å². The van der Waals surface area contributed by atoms with Crippen LogP contribution >= 0.6 is 0 Å². The molecule has 0 saturated carbocycles. The van der Waals surface area contributed by atoms with Crippen molar-refractivity contribution in [2.45, 2.75) is 20.4 Å². The Morgan fingerprint density at radius 1 is 1.12 bits per heavy atom. The highest BCUT2D eigenvalue weighted by Crippen LogP contribution is 2.36. The molecular weight excluding hydrogens is 408 g/mol. The van der Waals surface area contributed by atoms with Crippen LogP contribution in [0.4, 0.5) is 0 Å². The number of nitrogens with zero attached hydrogens (tertiary/aromatic N) is 1. The van der Waals surface area contributed by atoms with E-state index in [0.29, 0.717) is 40.3 Å². The Labute approximate surface area is 187 Å². The number of quaternary nitrogens is 1. The van der Waals surface area contributed by atoms with Crippen molar-refractivity contribution in [3.8, 4) is 28.4 Å². The SMILES string of the molecule is CCN1CC[NH+](Cc2c([O-])ccc3c(C)c(-c4ccc(OC)cc4OC)c(=O)oc23)CC1. The van der Waals surface area contributed by atoms with Crippen LogP contribution in [0.2, 0.25) is 0 Å². The largest absolute Gasteiger partial charge is 0.872 e. The predicted molar refractivity (Wildman–Crippen MR) is 122 cm³/mol. The van der Waals surface area contributed by atoms with Crippen molar-refractivity contribution in [2.75, 3.05) is 46.9 Å². The van der Waals surface area contributed by atoms with E-state index in [9.17, 15) is 9.90 Å². The number of ether oxygens (including phenoxy) is 2. The standard InChI is InChI=1S/C25H30N2O5/c1-5-26-10-12-27(13-11-26)15-20-21(28)9-8-18-16(2)23(25(29)32-24(18)20)19-7-6-17(30-3)14-22(19)31-4/h6-9,14,28H,5,10-13,15H2,1-4H3. The first-order valence-corrected chi connectivity index (χ1v) is 11.0. The second-order valence-corrected chi connectivity index (χ2v) is 8.24. The van der Waals surface area contributed by atoms with E-state index in [0.717, 1.165) is 43.7 Å². The van der Waals surface area contributed by atoms with Crippen LogP contribution in [-0.4, -0.2) is 51.8 Å². The summed E-state index contributed by atoms with van der Waals surface area (Å²) in [4.78, 5) is 16.9. The van der Waals surface area contributed by atoms with E-state index >= 15 is 0 Å². The summed E-state index contributed by atoms with van der Waals surface area (Å²) < 4.78 is 16.6. The lowest BCUT2D eigenvalue weighted by atomic mass is 9.97. The molecule has 7 nitrogen and oxygen atoms in total. The second-order valence-electron chi connectivity index (χ2n) is 8.24. The lowest BCUT2D eigenvalue weighted by molar-refractivity contribution is -0.918. The zero-order valence-corrected chi connectivity index (χ0v) is 19.1. The number of aryl methyl sites for hydroxylation is 1. The lowest BCUT2D eigenvalue weighted by Gasteiger charge is -2.32. The smallest absolute Gasteiger partial charge is 0.344 e. The molecule has 0 bridgehead atoms. The molecular formula is C25H30N2O5. The van der Waals surface area contributed by atoms with Gasteiger partial charge in [0.15, 0.2) is 0 Å². The summed E-state index contributed by atoms with van der Waals surface area (Å²) in [5.74, 6) is 1.08. The fourth-order valence-electron chi connectivity index (χ4n) is 4.55. The van der Waals surface area contributed by atoms with Gasteiger partial charge >= 0.3 is 5.63 Å². The Morgan fingerprint density at radius 3 is 2.53 bits per heavy atom. The molecule has 170 valence electrons. The van der Waals surface area contributed by atoms with Crippen molar-refractivity contribution in [3.63, 3.8) is 0 Å². The predicted octanol–water partition coefficient (Wildman–Crippen LogP) is 1.58. The number of rotatable bonds is 6. The number of piperazine rings is 1. The number of hydrogen-bond donors (Lipinski definition) is 1. The van der Waals surface area contributed by atoms with Crippen LogP contribution in [0.25, 0.3) is 22.1 Å². The van der Waals surface area contributed by atoms with E-state index in [1.165, 1.54) is 4.90 Å². The summed E-state index contributed by atoms with van der Waals surface area (Å²) in [5, 5.41) is 13.5. The van der Waals surface area contributed by atoms with Crippen LogP contribution in [0.15, 0.2) is 39.5 Å². The molecule has 0 spiro atoms. The zero-order valence-electron chi connectivity index (χ0n) is 19.1. The van der Waals surface area contributed by atoms with Crippen molar-refractivity contribution >= 4 is 11.0 Å². The summed E-state index contributed by atoms with van der Waals surface area (Å²) in [5.41, 5.74) is 2.35. The van der Waals surface area contributed by atoms with Crippen molar-refractivity contribution < 1.29 is 23.9 Å². The highest BCUT2D eigenvalue weighted by molar-refractivity contribution is 5.90. The van der Waals surface area contributed by atoms with Crippen LogP contribution in [0, 0.1) is 6.92 Å². The quantitative estimate of drug-likeness (QED) is 0.589. The molecule has 4 rings (SSSR count). The highest BCUT2D eigenvalue weighted by atomic mass is 16.5. The van der Waals surface area contributed by atoms with Crippen molar-refractivity contribution in [1.82, 2.24) is 4.90 Å². The number of nitrogens with one attached hydrogen (secondary N) is 1. The van der Waals surface area contributed by atoms with Crippen LogP contribution in [0.5, 0.6) is 17.2 Å². The van der Waals surface area contributed by atoms with Crippen molar-refractivity contribution in [1.29, 1.82) is 0 Å². The van der Waals surface area contributed by atoms with Gasteiger partial charge in [0, 0.05) is 35.7 Å². The van der Waals surface area contributed by atoms with Crippen LogP contribution in [0.3, 0.4) is 0 Å². The minimum atomic E-state index is -0.476. The maximum absolute atomic E-state index is 13.1. The number of likely N-dealkylation sites (N-methyl/N-ethyl adjacent to an activating group) is 1. The molecule has 1 saturated heterocycles.